The Kier molecular flexibility index (Phi) is 2.55. The molecule has 4 nitrogen and oxygen atoms in total. The van der Waals surface area contributed by atoms with Crippen molar-refractivity contribution in [1.82, 2.24) is 9.97 Å². The summed E-state index contributed by atoms with van der Waals surface area (Å²) >= 11 is 0. The average Bonchev–Trinajstić information content (AvgIpc) is 2.94. The van der Waals surface area contributed by atoms with Gasteiger partial charge in [0.15, 0.2) is 0 Å². The molecule has 1 fully saturated rings. The summed E-state index contributed by atoms with van der Waals surface area (Å²) in [6, 6.07) is 8.16. The zero-order valence-electron chi connectivity index (χ0n) is 10.8. The number of hydrogen-bond acceptors (Lipinski definition) is 3. The van der Waals surface area contributed by atoms with Gasteiger partial charge in [-0.1, -0.05) is 12.1 Å². The van der Waals surface area contributed by atoms with Crippen molar-refractivity contribution >= 4 is 17.0 Å². The van der Waals surface area contributed by atoms with E-state index in [2.05, 4.69) is 14.9 Å². The molecule has 1 aliphatic rings. The molecule has 0 bridgehead atoms. The van der Waals surface area contributed by atoms with Gasteiger partial charge < -0.3 is 15.0 Å². The second-order valence-corrected chi connectivity index (χ2v) is 5.58. The first-order valence-corrected chi connectivity index (χ1v) is 6.49. The van der Waals surface area contributed by atoms with Gasteiger partial charge in [0.1, 0.15) is 0 Å². The topological polar surface area (TPSA) is 52.1 Å². The van der Waals surface area contributed by atoms with Crippen LogP contribution < -0.4 is 4.90 Å². The second-order valence-electron chi connectivity index (χ2n) is 5.58. The monoisotopic (exact) mass is 245 g/mol. The van der Waals surface area contributed by atoms with E-state index in [1.165, 1.54) is 0 Å². The summed E-state index contributed by atoms with van der Waals surface area (Å²) in [5.41, 5.74) is 1.33. The van der Waals surface area contributed by atoms with Crippen LogP contribution in [-0.4, -0.2) is 33.3 Å². The molecule has 2 N–H and O–H groups in total. The lowest BCUT2D eigenvalue weighted by Gasteiger charge is -2.33. The molecule has 2 heterocycles. The van der Waals surface area contributed by atoms with Crippen molar-refractivity contribution < 1.29 is 5.11 Å². The molecule has 0 aliphatic carbocycles. The van der Waals surface area contributed by atoms with Crippen molar-refractivity contribution in [3.8, 4) is 0 Å². The smallest absolute Gasteiger partial charge is 0.204 e. The molecule has 0 radical (unpaired) electrons. The van der Waals surface area contributed by atoms with Crippen LogP contribution in [-0.2, 0) is 0 Å². The zero-order chi connectivity index (χ0) is 12.8. The Morgan fingerprint density at radius 2 is 2.17 bits per heavy atom. The molecule has 18 heavy (non-hydrogen) atoms. The number of rotatable bonds is 2. The van der Waals surface area contributed by atoms with Gasteiger partial charge in [-0.15, -0.1) is 0 Å². The van der Waals surface area contributed by atoms with Gasteiger partial charge in [0.05, 0.1) is 22.7 Å². The van der Waals surface area contributed by atoms with Gasteiger partial charge in [-0.3, -0.25) is 0 Å². The lowest BCUT2D eigenvalue weighted by atomic mass is 9.97. The van der Waals surface area contributed by atoms with Gasteiger partial charge in [0.2, 0.25) is 5.95 Å². The van der Waals surface area contributed by atoms with E-state index in [9.17, 15) is 5.11 Å². The molecule has 1 aromatic carbocycles. The first-order chi connectivity index (χ1) is 8.55. The maximum absolute atomic E-state index is 10.2. The number of aromatic nitrogens is 2. The van der Waals surface area contributed by atoms with Crippen molar-refractivity contribution in [3.05, 3.63) is 24.3 Å². The normalized spacial score (nSPS) is 20.8. The molecule has 1 atom stereocenters. The quantitative estimate of drug-likeness (QED) is 0.853. The molecule has 1 aliphatic heterocycles. The Labute approximate surface area is 107 Å². The number of hydrogen-bond donors (Lipinski definition) is 2. The molecule has 1 aromatic heterocycles. The number of anilines is 1. The van der Waals surface area contributed by atoms with Crippen molar-refractivity contribution in [2.24, 2.45) is 0 Å². The van der Waals surface area contributed by atoms with Crippen molar-refractivity contribution in [1.29, 1.82) is 0 Å². The molecule has 3 rings (SSSR count). The number of fused-ring (bicyclic) bond motifs is 1. The van der Waals surface area contributed by atoms with Crippen LogP contribution in [0.5, 0.6) is 0 Å². The summed E-state index contributed by atoms with van der Waals surface area (Å²) in [6.45, 7) is 4.70. The lowest BCUT2D eigenvalue weighted by Crippen LogP contribution is -2.46. The van der Waals surface area contributed by atoms with Gasteiger partial charge >= 0.3 is 0 Å². The summed E-state index contributed by atoms with van der Waals surface area (Å²) in [5, 5.41) is 10.2. The number of imidazole rings is 1. The third-order valence-corrected chi connectivity index (χ3v) is 3.72. The summed E-state index contributed by atoms with van der Waals surface area (Å²) in [7, 11) is 0. The molecule has 0 amide bonds. The number of para-hydroxylation sites is 2. The summed E-state index contributed by atoms with van der Waals surface area (Å²) in [6.07, 6.45) is 2.12. The molecular weight excluding hydrogens is 226 g/mol. The molecule has 0 unspecified atom stereocenters. The van der Waals surface area contributed by atoms with Crippen molar-refractivity contribution in [2.45, 2.75) is 38.3 Å². The molecule has 2 aromatic rings. The third kappa shape index (κ3) is 1.86. The fourth-order valence-electron chi connectivity index (χ4n) is 2.83. The molecule has 1 saturated heterocycles. The first kappa shape index (κ1) is 11.5. The van der Waals surface area contributed by atoms with Gasteiger partial charge in [0.25, 0.3) is 0 Å². The highest BCUT2D eigenvalue weighted by Crippen LogP contribution is 2.31. The van der Waals surface area contributed by atoms with E-state index in [1.54, 1.807) is 0 Å². The van der Waals surface area contributed by atoms with Crippen LogP contribution in [0.15, 0.2) is 24.3 Å². The van der Waals surface area contributed by atoms with Crippen LogP contribution in [0.25, 0.3) is 11.0 Å². The minimum Gasteiger partial charge on any atom is -0.388 e. The van der Waals surface area contributed by atoms with Crippen LogP contribution in [0.2, 0.25) is 0 Å². The van der Waals surface area contributed by atoms with Gasteiger partial charge in [0, 0.05) is 6.54 Å². The lowest BCUT2D eigenvalue weighted by molar-refractivity contribution is 0.0531. The molecule has 4 heteroatoms. The molecule has 0 saturated carbocycles. The largest absolute Gasteiger partial charge is 0.388 e. The number of nitrogens with zero attached hydrogens (tertiary/aromatic N) is 2. The van der Waals surface area contributed by atoms with Crippen molar-refractivity contribution in [3.63, 3.8) is 0 Å². The van der Waals surface area contributed by atoms with E-state index in [0.717, 1.165) is 36.4 Å². The Bertz CT molecular complexity index is 522. The predicted molar refractivity (Wildman–Crippen MR) is 72.8 cm³/mol. The van der Waals surface area contributed by atoms with E-state index < -0.39 is 5.60 Å². The number of nitrogens with one attached hydrogen (secondary N) is 1. The average molecular weight is 245 g/mol. The molecule has 0 spiro atoms. The number of aliphatic hydroxyl groups is 1. The van der Waals surface area contributed by atoms with E-state index in [-0.39, 0.29) is 6.04 Å². The highest BCUT2D eigenvalue weighted by Gasteiger charge is 2.37. The Morgan fingerprint density at radius 1 is 1.39 bits per heavy atom. The second kappa shape index (κ2) is 3.99. The number of benzene rings is 1. The van der Waals surface area contributed by atoms with Gasteiger partial charge in [-0.2, -0.15) is 0 Å². The maximum Gasteiger partial charge on any atom is 0.204 e. The van der Waals surface area contributed by atoms with Crippen LogP contribution in [0.4, 0.5) is 5.95 Å². The highest BCUT2D eigenvalue weighted by molar-refractivity contribution is 5.77. The van der Waals surface area contributed by atoms with Crippen LogP contribution in [0.3, 0.4) is 0 Å². The van der Waals surface area contributed by atoms with E-state index in [4.69, 9.17) is 0 Å². The number of H-pyrrole nitrogens is 1. The summed E-state index contributed by atoms with van der Waals surface area (Å²) < 4.78 is 0. The Hall–Kier alpha value is -1.55. The summed E-state index contributed by atoms with van der Waals surface area (Å²) in [4.78, 5) is 10.2. The SMILES string of the molecule is CC(C)(O)[C@H]1CCCN1c1nc2ccccc2[nH]1. The zero-order valence-corrected chi connectivity index (χ0v) is 10.8. The first-order valence-electron chi connectivity index (χ1n) is 6.49. The van der Waals surface area contributed by atoms with E-state index in [1.807, 2.05) is 38.1 Å². The fraction of sp³-hybridized carbons (Fsp3) is 0.500. The third-order valence-electron chi connectivity index (χ3n) is 3.72. The fourth-order valence-corrected chi connectivity index (χ4v) is 2.83. The van der Waals surface area contributed by atoms with Crippen molar-refractivity contribution in [2.75, 3.05) is 11.4 Å². The van der Waals surface area contributed by atoms with Gasteiger partial charge in [-0.05, 0) is 38.8 Å². The molecule has 96 valence electrons. The minimum atomic E-state index is -0.699. The Morgan fingerprint density at radius 3 is 2.89 bits per heavy atom. The van der Waals surface area contributed by atoms with E-state index >= 15 is 0 Å². The standard InChI is InChI=1S/C14H19N3O/c1-14(2,18)12-8-5-9-17(12)13-15-10-6-3-4-7-11(10)16-13/h3-4,6-7,12,18H,5,8-9H2,1-2H3,(H,15,16)/t12-/m1/s1. The van der Waals surface area contributed by atoms with Crippen LogP contribution >= 0.6 is 0 Å². The summed E-state index contributed by atoms with van der Waals surface area (Å²) in [5.74, 6) is 0.876. The molecular formula is C14H19N3O. The number of aromatic amines is 1. The van der Waals surface area contributed by atoms with E-state index in [0.29, 0.717) is 0 Å². The van der Waals surface area contributed by atoms with Crippen LogP contribution in [0.1, 0.15) is 26.7 Å². The van der Waals surface area contributed by atoms with Crippen LogP contribution in [0, 0.1) is 0 Å². The predicted octanol–water partition coefficient (Wildman–Crippen LogP) is 2.30. The maximum atomic E-state index is 10.2. The highest BCUT2D eigenvalue weighted by atomic mass is 16.3. The van der Waals surface area contributed by atoms with Gasteiger partial charge in [-0.25, -0.2) is 4.98 Å². The minimum absolute atomic E-state index is 0.137. The Balaban J connectivity index is 1.98.